The molecule has 0 saturated carbocycles. The van der Waals surface area contributed by atoms with Gasteiger partial charge in [-0.25, -0.2) is 9.97 Å². The van der Waals surface area contributed by atoms with Gasteiger partial charge in [-0.1, -0.05) is 127 Å². The van der Waals surface area contributed by atoms with Gasteiger partial charge in [-0.3, -0.25) is 0 Å². The third-order valence-corrected chi connectivity index (χ3v) is 9.62. The van der Waals surface area contributed by atoms with Crippen LogP contribution >= 0.6 is 0 Å². The van der Waals surface area contributed by atoms with Crippen LogP contribution in [-0.2, 0) is 0 Å². The molecule has 0 saturated heterocycles. The average molecular weight is 640 g/mol. The van der Waals surface area contributed by atoms with Crippen molar-refractivity contribution in [3.8, 4) is 50.7 Å². The SMILES string of the molecule is c1ccc(-c2cc(-c3ccc4c(c3)oc3cccc(-c5ccc6c7ccccc7n(-c7ccccc7)c6c5)c34)nc(-c3ccccc3)n2)cc1. The smallest absolute Gasteiger partial charge is 0.160 e. The van der Waals surface area contributed by atoms with Crippen molar-refractivity contribution in [2.75, 3.05) is 0 Å². The van der Waals surface area contributed by atoms with Crippen LogP contribution in [0.15, 0.2) is 180 Å². The Kier molecular flexibility index (Phi) is 6.46. The standard InChI is InChI=1S/C46H29N3O/c1-4-13-30(14-5-1)39-29-40(48-46(47-39)31-15-6-2-7-16-31)33-24-26-38-44(28-33)50-43-22-12-20-35(45(38)43)32-23-25-37-36-19-10-11-21-41(36)49(42(37)27-32)34-17-8-3-9-18-34/h1-29H. The topological polar surface area (TPSA) is 43.9 Å². The van der Waals surface area contributed by atoms with Gasteiger partial charge in [0.1, 0.15) is 11.2 Å². The van der Waals surface area contributed by atoms with Crippen LogP contribution in [0.25, 0.3) is 94.5 Å². The van der Waals surface area contributed by atoms with Crippen molar-refractivity contribution < 1.29 is 4.42 Å². The van der Waals surface area contributed by atoms with Crippen molar-refractivity contribution in [3.63, 3.8) is 0 Å². The largest absolute Gasteiger partial charge is 0.456 e. The van der Waals surface area contributed by atoms with E-state index in [4.69, 9.17) is 14.4 Å². The number of furan rings is 1. The Morgan fingerprint density at radius 3 is 1.84 bits per heavy atom. The molecule has 0 aliphatic heterocycles. The van der Waals surface area contributed by atoms with Crippen LogP contribution in [0.2, 0.25) is 0 Å². The molecule has 50 heavy (non-hydrogen) atoms. The minimum absolute atomic E-state index is 0.692. The first-order valence-corrected chi connectivity index (χ1v) is 16.8. The highest BCUT2D eigenvalue weighted by molar-refractivity contribution is 6.15. The Labute approximate surface area is 288 Å². The molecule has 0 bridgehead atoms. The van der Waals surface area contributed by atoms with Crippen LogP contribution in [-0.4, -0.2) is 14.5 Å². The predicted octanol–water partition coefficient (Wildman–Crippen LogP) is 12.1. The van der Waals surface area contributed by atoms with Crippen molar-refractivity contribution >= 4 is 43.7 Å². The summed E-state index contributed by atoms with van der Waals surface area (Å²) < 4.78 is 8.95. The molecule has 0 N–H and O–H groups in total. The highest BCUT2D eigenvalue weighted by Crippen LogP contribution is 2.41. The van der Waals surface area contributed by atoms with Crippen molar-refractivity contribution in [1.82, 2.24) is 14.5 Å². The molecule has 3 heterocycles. The molecule has 0 aliphatic rings. The molecule has 3 aromatic heterocycles. The molecule has 0 radical (unpaired) electrons. The molecule has 4 heteroatoms. The summed E-state index contributed by atoms with van der Waals surface area (Å²) in [5, 5.41) is 4.65. The number of nitrogens with zero attached hydrogens (tertiary/aromatic N) is 3. The summed E-state index contributed by atoms with van der Waals surface area (Å²) in [6.07, 6.45) is 0. The van der Waals surface area contributed by atoms with Crippen LogP contribution in [0.1, 0.15) is 0 Å². The maximum Gasteiger partial charge on any atom is 0.160 e. The predicted molar refractivity (Wildman–Crippen MR) is 205 cm³/mol. The van der Waals surface area contributed by atoms with Gasteiger partial charge in [-0.2, -0.15) is 0 Å². The Hall–Kier alpha value is -6.78. The van der Waals surface area contributed by atoms with Crippen LogP contribution < -0.4 is 0 Å². The van der Waals surface area contributed by atoms with Gasteiger partial charge in [-0.15, -0.1) is 0 Å². The fourth-order valence-corrected chi connectivity index (χ4v) is 7.29. The maximum absolute atomic E-state index is 6.59. The summed E-state index contributed by atoms with van der Waals surface area (Å²) in [5.41, 5.74) is 12.2. The quantitative estimate of drug-likeness (QED) is 0.188. The van der Waals surface area contributed by atoms with E-state index in [-0.39, 0.29) is 0 Å². The zero-order valence-electron chi connectivity index (χ0n) is 27.0. The van der Waals surface area contributed by atoms with E-state index in [9.17, 15) is 0 Å². The van der Waals surface area contributed by atoms with Gasteiger partial charge in [0.05, 0.1) is 22.4 Å². The van der Waals surface area contributed by atoms with E-state index in [2.05, 4.69) is 144 Å². The van der Waals surface area contributed by atoms with Crippen molar-refractivity contribution in [2.24, 2.45) is 0 Å². The van der Waals surface area contributed by atoms with E-state index in [1.54, 1.807) is 0 Å². The monoisotopic (exact) mass is 639 g/mol. The molecular weight excluding hydrogens is 611 g/mol. The molecule has 0 atom stereocenters. The molecule has 10 rings (SSSR count). The van der Waals surface area contributed by atoms with E-state index in [0.29, 0.717) is 5.82 Å². The molecule has 7 aromatic carbocycles. The molecule has 0 spiro atoms. The van der Waals surface area contributed by atoms with Crippen molar-refractivity contribution in [2.45, 2.75) is 0 Å². The van der Waals surface area contributed by atoms with Gasteiger partial charge in [0.25, 0.3) is 0 Å². The van der Waals surface area contributed by atoms with E-state index >= 15 is 0 Å². The summed E-state index contributed by atoms with van der Waals surface area (Å²) in [7, 11) is 0. The normalized spacial score (nSPS) is 11.6. The van der Waals surface area contributed by atoms with Gasteiger partial charge in [0.2, 0.25) is 0 Å². The van der Waals surface area contributed by atoms with Crippen LogP contribution in [0.4, 0.5) is 0 Å². The summed E-state index contributed by atoms with van der Waals surface area (Å²) in [5.74, 6) is 0.692. The average Bonchev–Trinajstić information content (AvgIpc) is 3.74. The fourth-order valence-electron chi connectivity index (χ4n) is 7.29. The van der Waals surface area contributed by atoms with Crippen LogP contribution in [0.5, 0.6) is 0 Å². The lowest BCUT2D eigenvalue weighted by Crippen LogP contribution is -1.95. The van der Waals surface area contributed by atoms with Crippen molar-refractivity contribution in [3.05, 3.63) is 176 Å². The van der Waals surface area contributed by atoms with Gasteiger partial charge in [0, 0.05) is 43.9 Å². The number of hydrogen-bond acceptors (Lipinski definition) is 3. The molecule has 0 aliphatic carbocycles. The number of hydrogen-bond donors (Lipinski definition) is 0. The number of fused-ring (bicyclic) bond motifs is 6. The van der Waals surface area contributed by atoms with E-state index in [0.717, 1.165) is 66.8 Å². The van der Waals surface area contributed by atoms with Gasteiger partial charge < -0.3 is 8.98 Å². The summed E-state index contributed by atoms with van der Waals surface area (Å²) in [6, 6.07) is 61.3. The molecule has 0 unspecified atom stereocenters. The molecule has 234 valence electrons. The van der Waals surface area contributed by atoms with Crippen LogP contribution in [0.3, 0.4) is 0 Å². The zero-order chi connectivity index (χ0) is 33.0. The molecule has 0 fully saturated rings. The highest BCUT2D eigenvalue weighted by Gasteiger charge is 2.18. The van der Waals surface area contributed by atoms with Crippen LogP contribution in [0, 0.1) is 0 Å². The zero-order valence-corrected chi connectivity index (χ0v) is 27.0. The minimum atomic E-state index is 0.692. The Bertz CT molecular complexity index is 2800. The van der Waals surface area contributed by atoms with Gasteiger partial charge in [0.15, 0.2) is 5.82 Å². The third kappa shape index (κ3) is 4.61. The Morgan fingerprint density at radius 1 is 0.400 bits per heavy atom. The maximum atomic E-state index is 6.59. The third-order valence-electron chi connectivity index (χ3n) is 9.62. The number of para-hydroxylation sites is 2. The van der Waals surface area contributed by atoms with Gasteiger partial charge >= 0.3 is 0 Å². The molecular formula is C46H29N3O. The Balaban J connectivity index is 1.14. The number of aromatic nitrogens is 3. The molecule has 4 nitrogen and oxygen atoms in total. The second-order valence-electron chi connectivity index (χ2n) is 12.6. The van der Waals surface area contributed by atoms with E-state index < -0.39 is 0 Å². The minimum Gasteiger partial charge on any atom is -0.456 e. The number of benzene rings is 7. The lowest BCUT2D eigenvalue weighted by Gasteiger charge is -2.10. The second-order valence-corrected chi connectivity index (χ2v) is 12.6. The molecule has 0 amide bonds. The van der Waals surface area contributed by atoms with E-state index in [1.807, 2.05) is 36.4 Å². The lowest BCUT2D eigenvalue weighted by molar-refractivity contribution is 0.669. The summed E-state index contributed by atoms with van der Waals surface area (Å²) in [4.78, 5) is 10.0. The first-order chi connectivity index (χ1) is 24.8. The first kappa shape index (κ1) is 28.3. The summed E-state index contributed by atoms with van der Waals surface area (Å²) >= 11 is 0. The molecule has 10 aromatic rings. The fraction of sp³-hybridized carbons (Fsp3) is 0. The second kappa shape index (κ2) is 11.4. The Morgan fingerprint density at radius 2 is 1.04 bits per heavy atom. The van der Waals surface area contributed by atoms with E-state index in [1.165, 1.54) is 21.8 Å². The lowest BCUT2D eigenvalue weighted by atomic mass is 9.97. The first-order valence-electron chi connectivity index (χ1n) is 16.8. The van der Waals surface area contributed by atoms with Crippen molar-refractivity contribution in [1.29, 1.82) is 0 Å². The summed E-state index contributed by atoms with van der Waals surface area (Å²) in [6.45, 7) is 0. The highest BCUT2D eigenvalue weighted by atomic mass is 16.3. The number of rotatable bonds is 5. The van der Waals surface area contributed by atoms with Gasteiger partial charge in [-0.05, 0) is 59.7 Å².